The fourth-order valence-electron chi connectivity index (χ4n) is 6.63. The summed E-state index contributed by atoms with van der Waals surface area (Å²) in [5.74, 6) is 0.327. The molecule has 2 heterocycles. The summed E-state index contributed by atoms with van der Waals surface area (Å²) in [7, 11) is 0. The van der Waals surface area contributed by atoms with Gasteiger partial charge in [0.1, 0.15) is 6.54 Å². The Morgan fingerprint density at radius 2 is 1.84 bits per heavy atom. The van der Waals surface area contributed by atoms with Crippen molar-refractivity contribution in [2.75, 3.05) is 26.2 Å². The molecule has 1 unspecified atom stereocenters. The van der Waals surface area contributed by atoms with Gasteiger partial charge in [0, 0.05) is 50.0 Å². The number of carbonyl (C=O) groups excluding carboxylic acids is 4. The summed E-state index contributed by atoms with van der Waals surface area (Å²) in [5.41, 5.74) is 1.84. The lowest BCUT2D eigenvalue weighted by Gasteiger charge is -2.41. The van der Waals surface area contributed by atoms with Crippen LogP contribution in [0.5, 0.6) is 0 Å². The van der Waals surface area contributed by atoms with Gasteiger partial charge in [-0.05, 0) is 49.7 Å². The number of amides is 3. The fourth-order valence-corrected chi connectivity index (χ4v) is 6.63. The first-order valence-electron chi connectivity index (χ1n) is 13.8. The van der Waals surface area contributed by atoms with Crippen LogP contribution in [0.4, 0.5) is 4.79 Å². The summed E-state index contributed by atoms with van der Waals surface area (Å²) >= 11 is 0. The molecule has 3 atom stereocenters. The number of Topliss-reactive ketones (excluding diaryl/α,β-unsaturated/α-hetero) is 1. The van der Waals surface area contributed by atoms with E-state index in [1.165, 1.54) is 4.90 Å². The van der Waals surface area contributed by atoms with Crippen LogP contribution in [0.15, 0.2) is 53.6 Å². The molecule has 4 fully saturated rings. The van der Waals surface area contributed by atoms with Crippen molar-refractivity contribution in [3.05, 3.63) is 59.2 Å². The summed E-state index contributed by atoms with van der Waals surface area (Å²) < 4.78 is 5.96. The number of fused-ring (bicyclic) bond motifs is 2. The highest BCUT2D eigenvalue weighted by atomic mass is 16.6. The first kappa shape index (κ1) is 24.9. The van der Waals surface area contributed by atoms with Gasteiger partial charge >= 0.3 is 6.09 Å². The van der Waals surface area contributed by atoms with E-state index in [-0.39, 0.29) is 48.6 Å². The lowest BCUT2D eigenvalue weighted by Crippen LogP contribution is -2.51. The monoisotopic (exact) mass is 517 g/mol. The molecule has 38 heavy (non-hydrogen) atoms. The highest BCUT2D eigenvalue weighted by Gasteiger charge is 2.57. The van der Waals surface area contributed by atoms with E-state index in [0.717, 1.165) is 29.6 Å². The second-order valence-electron chi connectivity index (χ2n) is 11.6. The highest BCUT2D eigenvalue weighted by molar-refractivity contribution is 6.02. The van der Waals surface area contributed by atoms with E-state index in [1.807, 2.05) is 47.4 Å². The predicted octanol–water partition coefficient (Wildman–Crippen LogP) is 3.33. The first-order valence-corrected chi connectivity index (χ1v) is 13.8. The molecule has 3 aliphatic carbocycles. The van der Waals surface area contributed by atoms with Crippen LogP contribution >= 0.6 is 0 Å². The van der Waals surface area contributed by atoms with E-state index >= 15 is 0 Å². The third kappa shape index (κ3) is 4.33. The molecule has 1 spiro atoms. The van der Waals surface area contributed by atoms with Gasteiger partial charge in [0.15, 0.2) is 11.4 Å². The maximum Gasteiger partial charge on any atom is 0.411 e. The first-order chi connectivity index (χ1) is 18.3. The zero-order valence-corrected chi connectivity index (χ0v) is 22.1. The van der Waals surface area contributed by atoms with E-state index in [0.29, 0.717) is 38.4 Å². The molecule has 2 saturated heterocycles. The predicted molar refractivity (Wildman–Crippen MR) is 140 cm³/mol. The lowest BCUT2D eigenvalue weighted by molar-refractivity contribution is -0.135. The second-order valence-corrected chi connectivity index (χ2v) is 11.6. The molecule has 1 aromatic rings. The molecule has 0 N–H and O–H groups in total. The Hall–Kier alpha value is -3.42. The van der Waals surface area contributed by atoms with E-state index in [9.17, 15) is 19.2 Å². The molecule has 5 aliphatic rings. The summed E-state index contributed by atoms with van der Waals surface area (Å²) in [5, 5.41) is 0. The number of ketones is 1. The maximum absolute atomic E-state index is 13.6. The zero-order chi connectivity index (χ0) is 26.6. The van der Waals surface area contributed by atoms with Crippen LogP contribution in [0.3, 0.4) is 0 Å². The SMILES string of the molecule is CC(=O)N1CC(C2=CC=C3C(CC[C@]34CN(CC(=O)N(Cc3ccccc3)[C@@H](C)C3CC3)C(=O)O4)C2=O)C1. The van der Waals surface area contributed by atoms with Crippen LogP contribution in [0.1, 0.15) is 45.1 Å². The smallest absolute Gasteiger partial charge is 0.411 e. The molecule has 6 rings (SSSR count). The van der Waals surface area contributed by atoms with Gasteiger partial charge in [0.2, 0.25) is 11.8 Å². The molecule has 200 valence electrons. The van der Waals surface area contributed by atoms with Crippen molar-refractivity contribution in [1.29, 1.82) is 0 Å². The lowest BCUT2D eigenvalue weighted by atomic mass is 9.77. The fraction of sp³-hybridized carbons (Fsp3) is 0.533. The highest BCUT2D eigenvalue weighted by Crippen LogP contribution is 2.49. The normalized spacial score (nSPS) is 27.5. The van der Waals surface area contributed by atoms with E-state index < -0.39 is 11.7 Å². The topological polar surface area (TPSA) is 87.2 Å². The van der Waals surface area contributed by atoms with Gasteiger partial charge in [0.05, 0.1) is 6.54 Å². The number of allylic oxidation sites excluding steroid dienone is 2. The number of nitrogens with zero attached hydrogens (tertiary/aromatic N) is 3. The number of hydrogen-bond acceptors (Lipinski definition) is 5. The molecule has 8 heteroatoms. The Bertz CT molecular complexity index is 1230. The van der Waals surface area contributed by atoms with E-state index in [1.54, 1.807) is 11.8 Å². The minimum atomic E-state index is -0.850. The Kier molecular flexibility index (Phi) is 6.16. The van der Waals surface area contributed by atoms with E-state index in [4.69, 9.17) is 4.74 Å². The minimum Gasteiger partial charge on any atom is -0.436 e. The number of ether oxygens (including phenoxy) is 1. The third-order valence-electron chi connectivity index (χ3n) is 9.17. The van der Waals surface area contributed by atoms with Gasteiger partial charge in [-0.3, -0.25) is 19.3 Å². The molecule has 8 nitrogen and oxygen atoms in total. The maximum atomic E-state index is 13.6. The second kappa shape index (κ2) is 9.40. The number of benzene rings is 1. The van der Waals surface area contributed by atoms with Crippen molar-refractivity contribution < 1.29 is 23.9 Å². The van der Waals surface area contributed by atoms with Gasteiger partial charge in [-0.25, -0.2) is 4.79 Å². The molecular weight excluding hydrogens is 482 g/mol. The van der Waals surface area contributed by atoms with Crippen molar-refractivity contribution in [3.8, 4) is 0 Å². The van der Waals surface area contributed by atoms with Crippen LogP contribution in [0, 0.1) is 17.8 Å². The average Bonchev–Trinajstić information content (AvgIpc) is 3.59. The van der Waals surface area contributed by atoms with Crippen molar-refractivity contribution in [2.45, 2.75) is 57.7 Å². The number of carbonyl (C=O) groups is 4. The van der Waals surface area contributed by atoms with Gasteiger partial charge in [-0.2, -0.15) is 0 Å². The zero-order valence-electron chi connectivity index (χ0n) is 22.1. The standard InChI is InChI=1S/C30H35N3O5/c1-19(22-8-9-22)33(14-21-6-4-3-5-7-21)27(35)17-32-18-30(38-29(32)37)13-12-25-26(30)11-10-24(28(25)36)23-15-31(16-23)20(2)34/h3-7,10-11,19,22-23,25H,8-9,12-18H2,1-2H3/t19-,25?,30-/m0/s1. The van der Waals surface area contributed by atoms with Gasteiger partial charge in [-0.1, -0.05) is 42.5 Å². The summed E-state index contributed by atoms with van der Waals surface area (Å²) in [6, 6.07) is 10.1. The van der Waals surface area contributed by atoms with Gasteiger partial charge < -0.3 is 14.5 Å². The minimum absolute atomic E-state index is 0.0274. The number of hydrogen-bond donors (Lipinski definition) is 0. The molecule has 2 saturated carbocycles. The summed E-state index contributed by atoms with van der Waals surface area (Å²) in [4.78, 5) is 56.7. The quantitative estimate of drug-likeness (QED) is 0.554. The van der Waals surface area contributed by atoms with Crippen molar-refractivity contribution in [1.82, 2.24) is 14.7 Å². The van der Waals surface area contributed by atoms with Crippen LogP contribution in [-0.2, 0) is 25.7 Å². The Morgan fingerprint density at radius 3 is 2.53 bits per heavy atom. The number of likely N-dealkylation sites (tertiary alicyclic amines) is 1. The van der Waals surface area contributed by atoms with Crippen LogP contribution in [0.25, 0.3) is 0 Å². The average molecular weight is 518 g/mol. The Balaban J connectivity index is 1.16. The molecule has 0 bridgehead atoms. The van der Waals surface area contributed by atoms with Crippen molar-refractivity contribution in [2.24, 2.45) is 17.8 Å². The summed E-state index contributed by atoms with van der Waals surface area (Å²) in [6.07, 6.45) is 6.78. The largest absolute Gasteiger partial charge is 0.436 e. The van der Waals surface area contributed by atoms with Gasteiger partial charge in [-0.15, -0.1) is 0 Å². The van der Waals surface area contributed by atoms with Crippen molar-refractivity contribution in [3.63, 3.8) is 0 Å². The van der Waals surface area contributed by atoms with Crippen LogP contribution in [0.2, 0.25) is 0 Å². The van der Waals surface area contributed by atoms with Crippen LogP contribution < -0.4 is 0 Å². The third-order valence-corrected chi connectivity index (χ3v) is 9.17. The van der Waals surface area contributed by atoms with Crippen LogP contribution in [-0.4, -0.2) is 76.2 Å². The Morgan fingerprint density at radius 1 is 1.11 bits per heavy atom. The van der Waals surface area contributed by atoms with E-state index in [2.05, 4.69) is 6.92 Å². The Labute approximate surface area is 223 Å². The summed E-state index contributed by atoms with van der Waals surface area (Å²) in [6.45, 7) is 5.59. The van der Waals surface area contributed by atoms with Gasteiger partial charge in [0.25, 0.3) is 0 Å². The molecule has 1 aromatic carbocycles. The molecule has 2 aliphatic heterocycles. The van der Waals surface area contributed by atoms with Crippen molar-refractivity contribution >= 4 is 23.7 Å². The molecule has 0 aromatic heterocycles. The number of rotatable bonds is 7. The molecular formula is C30H35N3O5. The molecule has 3 amide bonds. The molecule has 0 radical (unpaired) electrons.